The third kappa shape index (κ3) is 4.34. The van der Waals surface area contributed by atoms with E-state index < -0.39 is 6.04 Å². The van der Waals surface area contributed by atoms with Crippen LogP contribution in [0.2, 0.25) is 0 Å². The molecule has 2 aromatic rings. The number of aryl methyl sites for hydroxylation is 2. The van der Waals surface area contributed by atoms with Crippen molar-refractivity contribution in [2.24, 2.45) is 0 Å². The van der Waals surface area contributed by atoms with Gasteiger partial charge in [-0.05, 0) is 61.7 Å². The van der Waals surface area contributed by atoms with Gasteiger partial charge in [0.05, 0.1) is 25.8 Å². The Labute approximate surface area is 170 Å². The highest BCUT2D eigenvalue weighted by atomic mass is 16.5. The molecular formula is C22H25N3O4. The van der Waals surface area contributed by atoms with Crippen LogP contribution >= 0.6 is 0 Å². The smallest absolute Gasteiger partial charge is 0.319 e. The van der Waals surface area contributed by atoms with E-state index in [2.05, 4.69) is 16.0 Å². The van der Waals surface area contributed by atoms with Gasteiger partial charge in [-0.3, -0.25) is 4.79 Å². The largest absolute Gasteiger partial charge is 0.493 e. The van der Waals surface area contributed by atoms with Crippen LogP contribution in [-0.2, 0) is 4.79 Å². The molecule has 1 aliphatic rings. The van der Waals surface area contributed by atoms with E-state index >= 15 is 0 Å². The lowest BCUT2D eigenvalue weighted by atomic mass is 9.94. The summed E-state index contributed by atoms with van der Waals surface area (Å²) < 4.78 is 10.6. The van der Waals surface area contributed by atoms with Crippen LogP contribution in [-0.4, -0.2) is 26.2 Å². The van der Waals surface area contributed by atoms with Crippen LogP contribution in [0.1, 0.15) is 29.7 Å². The topological polar surface area (TPSA) is 88.7 Å². The number of carbonyl (C=O) groups is 2. The Morgan fingerprint density at radius 3 is 2.24 bits per heavy atom. The normalized spacial score (nSPS) is 16.0. The van der Waals surface area contributed by atoms with Gasteiger partial charge in [-0.25, -0.2) is 4.79 Å². The number of hydrogen-bond acceptors (Lipinski definition) is 4. The number of nitrogens with one attached hydrogen (secondary N) is 3. The summed E-state index contributed by atoms with van der Waals surface area (Å²) >= 11 is 0. The molecule has 152 valence electrons. The standard InChI is InChI=1S/C22H25N3O4/c1-12-8-13(2)10-16(9-12)24-21(26)19-14(3)23-22(27)25-20(19)15-6-7-17(28-4)18(11-15)29-5/h6-11,20H,1-5H3,(H,24,26)(H2,23,25,27)/t20-/m0/s1. The molecule has 3 rings (SSSR count). The van der Waals surface area contributed by atoms with Gasteiger partial charge in [-0.15, -0.1) is 0 Å². The van der Waals surface area contributed by atoms with Crippen molar-refractivity contribution in [1.82, 2.24) is 10.6 Å². The summed E-state index contributed by atoms with van der Waals surface area (Å²) in [6, 6.07) is 10.1. The lowest BCUT2D eigenvalue weighted by Crippen LogP contribution is -2.46. The number of carbonyl (C=O) groups excluding carboxylic acids is 2. The summed E-state index contributed by atoms with van der Waals surface area (Å²) in [5, 5.41) is 8.45. The van der Waals surface area contributed by atoms with Crippen molar-refractivity contribution in [2.75, 3.05) is 19.5 Å². The third-order valence-electron chi connectivity index (χ3n) is 4.73. The second-order valence-electron chi connectivity index (χ2n) is 7.02. The number of amides is 3. The molecule has 29 heavy (non-hydrogen) atoms. The Kier molecular flexibility index (Phi) is 5.77. The molecule has 3 amide bonds. The van der Waals surface area contributed by atoms with Crippen LogP contribution in [0, 0.1) is 13.8 Å². The molecule has 0 unspecified atom stereocenters. The van der Waals surface area contributed by atoms with Crippen molar-refractivity contribution in [3.63, 3.8) is 0 Å². The average Bonchev–Trinajstić information content (AvgIpc) is 2.65. The van der Waals surface area contributed by atoms with E-state index in [4.69, 9.17) is 9.47 Å². The highest BCUT2D eigenvalue weighted by Gasteiger charge is 2.31. The summed E-state index contributed by atoms with van der Waals surface area (Å²) in [5.41, 5.74) is 4.44. The van der Waals surface area contributed by atoms with Crippen LogP contribution in [0.25, 0.3) is 0 Å². The minimum atomic E-state index is -0.630. The maximum atomic E-state index is 13.2. The van der Waals surface area contributed by atoms with Crippen molar-refractivity contribution >= 4 is 17.6 Å². The summed E-state index contributed by atoms with van der Waals surface area (Å²) in [6.07, 6.45) is 0. The number of anilines is 1. The van der Waals surface area contributed by atoms with Crippen molar-refractivity contribution in [3.05, 3.63) is 64.4 Å². The molecule has 0 spiro atoms. The Hall–Kier alpha value is -3.48. The summed E-state index contributed by atoms with van der Waals surface area (Å²) in [7, 11) is 3.09. The zero-order valence-corrected chi connectivity index (χ0v) is 17.2. The SMILES string of the molecule is COc1ccc([C@@H]2NC(=O)NC(C)=C2C(=O)Nc2cc(C)cc(C)c2)cc1OC. The van der Waals surface area contributed by atoms with E-state index in [0.717, 1.165) is 11.1 Å². The Bertz CT molecular complexity index is 977. The lowest BCUT2D eigenvalue weighted by Gasteiger charge is -2.29. The zero-order chi connectivity index (χ0) is 21.1. The maximum absolute atomic E-state index is 13.2. The minimum Gasteiger partial charge on any atom is -0.493 e. The highest BCUT2D eigenvalue weighted by molar-refractivity contribution is 6.06. The molecule has 0 aliphatic carbocycles. The molecule has 0 saturated carbocycles. The molecule has 3 N–H and O–H groups in total. The van der Waals surface area contributed by atoms with Gasteiger partial charge in [0.25, 0.3) is 5.91 Å². The van der Waals surface area contributed by atoms with Gasteiger partial charge in [0.1, 0.15) is 0 Å². The molecule has 2 aromatic carbocycles. The van der Waals surface area contributed by atoms with Crippen molar-refractivity contribution in [1.29, 1.82) is 0 Å². The maximum Gasteiger partial charge on any atom is 0.319 e. The van der Waals surface area contributed by atoms with Crippen molar-refractivity contribution in [3.8, 4) is 11.5 Å². The minimum absolute atomic E-state index is 0.292. The first-order valence-electron chi connectivity index (χ1n) is 9.22. The molecule has 0 fully saturated rings. The second kappa shape index (κ2) is 8.26. The number of rotatable bonds is 5. The first-order valence-corrected chi connectivity index (χ1v) is 9.22. The molecule has 1 aliphatic heterocycles. The van der Waals surface area contributed by atoms with Crippen LogP contribution in [0.3, 0.4) is 0 Å². The Balaban J connectivity index is 1.98. The van der Waals surface area contributed by atoms with Gasteiger partial charge in [-0.1, -0.05) is 12.1 Å². The number of methoxy groups -OCH3 is 2. The molecule has 0 saturated heterocycles. The zero-order valence-electron chi connectivity index (χ0n) is 17.2. The van der Waals surface area contributed by atoms with Gasteiger partial charge >= 0.3 is 6.03 Å². The van der Waals surface area contributed by atoms with Crippen LogP contribution in [0.5, 0.6) is 11.5 Å². The van der Waals surface area contributed by atoms with Gasteiger partial charge in [0.15, 0.2) is 11.5 Å². The van der Waals surface area contributed by atoms with E-state index in [0.29, 0.717) is 34.0 Å². The molecule has 7 nitrogen and oxygen atoms in total. The van der Waals surface area contributed by atoms with Gasteiger partial charge in [-0.2, -0.15) is 0 Å². The van der Waals surface area contributed by atoms with Crippen LogP contribution in [0.15, 0.2) is 47.7 Å². The average molecular weight is 395 g/mol. The summed E-state index contributed by atoms with van der Waals surface area (Å²) in [4.78, 5) is 25.3. The number of urea groups is 1. The Morgan fingerprint density at radius 1 is 0.966 bits per heavy atom. The van der Waals surface area contributed by atoms with Crippen molar-refractivity contribution in [2.45, 2.75) is 26.8 Å². The van der Waals surface area contributed by atoms with E-state index in [9.17, 15) is 9.59 Å². The van der Waals surface area contributed by atoms with Crippen LogP contribution in [0.4, 0.5) is 10.5 Å². The predicted octanol–water partition coefficient (Wildman–Crippen LogP) is 3.59. The van der Waals surface area contributed by atoms with Gasteiger partial charge < -0.3 is 25.4 Å². The highest BCUT2D eigenvalue weighted by Crippen LogP contribution is 2.34. The second-order valence-corrected chi connectivity index (χ2v) is 7.02. The fourth-order valence-electron chi connectivity index (χ4n) is 3.52. The monoisotopic (exact) mass is 395 g/mol. The van der Waals surface area contributed by atoms with Gasteiger partial charge in [0, 0.05) is 11.4 Å². The molecule has 0 radical (unpaired) electrons. The fraction of sp³-hybridized carbons (Fsp3) is 0.273. The molecule has 0 aromatic heterocycles. The number of allylic oxidation sites excluding steroid dienone is 1. The summed E-state index contributed by atoms with van der Waals surface area (Å²) in [6.45, 7) is 5.66. The summed E-state index contributed by atoms with van der Waals surface area (Å²) in [5.74, 6) is 0.794. The fourth-order valence-corrected chi connectivity index (χ4v) is 3.52. The predicted molar refractivity (Wildman–Crippen MR) is 111 cm³/mol. The molecule has 0 bridgehead atoms. The first-order chi connectivity index (χ1) is 13.8. The number of benzene rings is 2. The molecule has 1 heterocycles. The Morgan fingerprint density at radius 2 is 1.62 bits per heavy atom. The van der Waals surface area contributed by atoms with E-state index in [-0.39, 0.29) is 11.9 Å². The quantitative estimate of drug-likeness (QED) is 0.722. The van der Waals surface area contributed by atoms with E-state index in [1.807, 2.05) is 32.0 Å². The molecular weight excluding hydrogens is 370 g/mol. The van der Waals surface area contributed by atoms with Crippen LogP contribution < -0.4 is 25.4 Å². The third-order valence-corrected chi connectivity index (χ3v) is 4.73. The first kappa shape index (κ1) is 20.3. The van der Waals surface area contributed by atoms with Crippen molar-refractivity contribution < 1.29 is 19.1 Å². The molecule has 1 atom stereocenters. The number of ether oxygens (including phenoxy) is 2. The van der Waals surface area contributed by atoms with Gasteiger partial charge in [0.2, 0.25) is 0 Å². The lowest BCUT2D eigenvalue weighted by molar-refractivity contribution is -0.113. The number of hydrogen-bond donors (Lipinski definition) is 3. The van der Waals surface area contributed by atoms with E-state index in [1.165, 1.54) is 7.11 Å². The van der Waals surface area contributed by atoms with E-state index in [1.54, 1.807) is 32.2 Å². The molecule has 7 heteroatoms.